The average Bonchev–Trinajstić information content (AvgIpc) is 2.91. The molecular weight excluding hydrogens is 293 g/mol. The summed E-state index contributed by atoms with van der Waals surface area (Å²) in [4.78, 5) is 0. The molecule has 0 radical (unpaired) electrons. The fraction of sp³-hybridized carbons (Fsp3) is 0.263. The maximum Gasteiger partial charge on any atom is 0.127 e. The number of benzene rings is 2. The first-order valence-corrected chi connectivity index (χ1v) is 7.62. The molecule has 0 saturated carbocycles. The minimum Gasteiger partial charge on any atom is -0.496 e. The lowest BCUT2D eigenvalue weighted by atomic mass is 9.89. The lowest BCUT2D eigenvalue weighted by Gasteiger charge is -2.30. The Bertz CT molecular complexity index is 840. The third-order valence-corrected chi connectivity index (χ3v) is 4.33. The third-order valence-electron chi connectivity index (χ3n) is 4.33. The van der Waals surface area contributed by atoms with E-state index >= 15 is 0 Å². The number of ether oxygens (including phenoxy) is 2. The largest absolute Gasteiger partial charge is 0.496 e. The van der Waals surface area contributed by atoms with Gasteiger partial charge in [-0.25, -0.2) is 4.39 Å². The number of methoxy groups -OCH3 is 1. The molecule has 0 atom stereocenters. The average molecular weight is 311 g/mol. The number of hydrogen-bond donors (Lipinski definition) is 1. The van der Waals surface area contributed by atoms with Gasteiger partial charge in [0.1, 0.15) is 23.9 Å². The van der Waals surface area contributed by atoms with E-state index < -0.39 is 0 Å². The van der Waals surface area contributed by atoms with Gasteiger partial charge in [0.2, 0.25) is 0 Å². The van der Waals surface area contributed by atoms with Gasteiger partial charge in [0.05, 0.1) is 12.6 Å². The van der Waals surface area contributed by atoms with Gasteiger partial charge in [0, 0.05) is 22.4 Å². The Morgan fingerprint density at radius 2 is 2.00 bits per heavy atom. The fourth-order valence-electron chi connectivity index (χ4n) is 3.37. The van der Waals surface area contributed by atoms with Gasteiger partial charge in [-0.3, -0.25) is 0 Å². The van der Waals surface area contributed by atoms with E-state index in [0.717, 1.165) is 33.7 Å². The molecule has 0 saturated heterocycles. The van der Waals surface area contributed by atoms with Gasteiger partial charge >= 0.3 is 0 Å². The standard InChI is InChI=1S/C19H18FNO2/c1-19(2)9-17-18-14(10-23-17)12(5-6-15(18)21-19)13-8-11(20)4-7-16(13)22-3/h4-9,21H,10H2,1-3H3. The van der Waals surface area contributed by atoms with Crippen LogP contribution in [-0.2, 0) is 11.3 Å². The lowest BCUT2D eigenvalue weighted by molar-refractivity contribution is 0.283. The zero-order chi connectivity index (χ0) is 16.2. The van der Waals surface area contributed by atoms with E-state index in [0.29, 0.717) is 12.4 Å². The molecule has 0 unspecified atom stereocenters. The minimum absolute atomic E-state index is 0.151. The van der Waals surface area contributed by atoms with Crippen LogP contribution in [0.4, 0.5) is 10.1 Å². The molecule has 0 aromatic heterocycles. The van der Waals surface area contributed by atoms with Crippen LogP contribution in [0, 0.1) is 5.82 Å². The molecule has 3 nitrogen and oxygen atoms in total. The van der Waals surface area contributed by atoms with Crippen LogP contribution in [0.3, 0.4) is 0 Å². The summed E-state index contributed by atoms with van der Waals surface area (Å²) < 4.78 is 25.0. The van der Waals surface area contributed by atoms with Crippen LogP contribution in [-0.4, -0.2) is 12.6 Å². The van der Waals surface area contributed by atoms with Crippen LogP contribution >= 0.6 is 0 Å². The SMILES string of the molecule is COc1ccc(F)cc1-c1ccc2c3c1COC3=CC(C)(C)N2. The second kappa shape index (κ2) is 4.75. The van der Waals surface area contributed by atoms with E-state index in [1.807, 2.05) is 12.1 Å². The fourth-order valence-corrected chi connectivity index (χ4v) is 3.37. The highest BCUT2D eigenvalue weighted by Gasteiger charge is 2.33. The Kier molecular flexibility index (Phi) is 2.92. The highest BCUT2D eigenvalue weighted by Crippen LogP contribution is 2.46. The minimum atomic E-state index is -0.278. The van der Waals surface area contributed by atoms with Crippen molar-refractivity contribution in [2.24, 2.45) is 0 Å². The molecule has 23 heavy (non-hydrogen) atoms. The summed E-state index contributed by atoms with van der Waals surface area (Å²) in [5.74, 6) is 1.28. The van der Waals surface area contributed by atoms with E-state index in [9.17, 15) is 4.39 Å². The molecule has 0 spiro atoms. The molecule has 4 heteroatoms. The van der Waals surface area contributed by atoms with Crippen molar-refractivity contribution < 1.29 is 13.9 Å². The van der Waals surface area contributed by atoms with E-state index in [2.05, 4.69) is 25.2 Å². The summed E-state index contributed by atoms with van der Waals surface area (Å²) in [6.07, 6.45) is 2.10. The molecule has 0 amide bonds. The predicted molar refractivity (Wildman–Crippen MR) is 88.9 cm³/mol. The Morgan fingerprint density at radius 3 is 2.78 bits per heavy atom. The van der Waals surface area contributed by atoms with Gasteiger partial charge in [-0.2, -0.15) is 0 Å². The summed E-state index contributed by atoms with van der Waals surface area (Å²) >= 11 is 0. The summed E-state index contributed by atoms with van der Waals surface area (Å²) in [5, 5.41) is 3.50. The van der Waals surface area contributed by atoms with E-state index in [1.54, 1.807) is 13.2 Å². The monoisotopic (exact) mass is 311 g/mol. The Hall–Kier alpha value is -2.49. The number of rotatable bonds is 2. The number of hydrogen-bond acceptors (Lipinski definition) is 3. The first kappa shape index (κ1) is 14.1. The summed E-state index contributed by atoms with van der Waals surface area (Å²) in [7, 11) is 1.60. The molecule has 2 aliphatic heterocycles. The molecule has 0 fully saturated rings. The van der Waals surface area contributed by atoms with Gasteiger partial charge in [-0.05, 0) is 49.8 Å². The van der Waals surface area contributed by atoms with Crippen LogP contribution in [0.15, 0.2) is 36.4 Å². The van der Waals surface area contributed by atoms with Crippen molar-refractivity contribution in [2.75, 3.05) is 12.4 Å². The topological polar surface area (TPSA) is 30.5 Å². The van der Waals surface area contributed by atoms with Gasteiger partial charge in [-0.15, -0.1) is 0 Å². The molecule has 1 N–H and O–H groups in total. The van der Waals surface area contributed by atoms with Crippen molar-refractivity contribution in [3.05, 3.63) is 53.4 Å². The number of anilines is 1. The maximum absolute atomic E-state index is 13.7. The molecule has 4 rings (SSSR count). The van der Waals surface area contributed by atoms with Crippen LogP contribution in [0.25, 0.3) is 16.9 Å². The normalized spacial score (nSPS) is 17.0. The zero-order valence-corrected chi connectivity index (χ0v) is 13.4. The molecule has 2 aliphatic rings. The Morgan fingerprint density at radius 1 is 1.17 bits per heavy atom. The third kappa shape index (κ3) is 2.17. The Balaban J connectivity index is 1.94. The highest BCUT2D eigenvalue weighted by molar-refractivity contribution is 5.88. The Labute approximate surface area is 134 Å². The number of halogens is 1. The van der Waals surface area contributed by atoms with Crippen molar-refractivity contribution in [3.63, 3.8) is 0 Å². The smallest absolute Gasteiger partial charge is 0.127 e. The lowest BCUT2D eigenvalue weighted by Crippen LogP contribution is -2.31. The summed E-state index contributed by atoms with van der Waals surface area (Å²) in [5.41, 5.74) is 4.75. The van der Waals surface area contributed by atoms with Gasteiger partial charge in [0.25, 0.3) is 0 Å². The van der Waals surface area contributed by atoms with E-state index in [-0.39, 0.29) is 11.4 Å². The van der Waals surface area contributed by atoms with Crippen molar-refractivity contribution in [1.82, 2.24) is 0 Å². The quantitative estimate of drug-likeness (QED) is 0.881. The second-order valence-corrected chi connectivity index (χ2v) is 6.50. The van der Waals surface area contributed by atoms with E-state index in [1.165, 1.54) is 12.1 Å². The molecule has 0 bridgehead atoms. The van der Waals surface area contributed by atoms with Crippen LogP contribution in [0.2, 0.25) is 0 Å². The van der Waals surface area contributed by atoms with Crippen molar-refractivity contribution in [1.29, 1.82) is 0 Å². The first-order chi connectivity index (χ1) is 11.0. The summed E-state index contributed by atoms with van der Waals surface area (Å²) in [6, 6.07) is 8.61. The van der Waals surface area contributed by atoms with Gasteiger partial charge in [-0.1, -0.05) is 6.07 Å². The molecule has 2 aromatic rings. The van der Waals surface area contributed by atoms with Crippen LogP contribution < -0.4 is 10.1 Å². The molecule has 118 valence electrons. The van der Waals surface area contributed by atoms with Gasteiger partial charge in [0.15, 0.2) is 0 Å². The predicted octanol–water partition coefficient (Wildman–Crippen LogP) is 4.58. The molecular formula is C19H18FNO2. The van der Waals surface area contributed by atoms with Crippen molar-refractivity contribution >= 4 is 11.4 Å². The molecule has 2 heterocycles. The van der Waals surface area contributed by atoms with Crippen molar-refractivity contribution in [3.8, 4) is 16.9 Å². The van der Waals surface area contributed by atoms with Crippen LogP contribution in [0.5, 0.6) is 5.75 Å². The van der Waals surface area contributed by atoms with Gasteiger partial charge < -0.3 is 14.8 Å². The van der Waals surface area contributed by atoms with Crippen molar-refractivity contribution in [2.45, 2.75) is 26.0 Å². The molecule has 2 aromatic carbocycles. The van der Waals surface area contributed by atoms with Crippen LogP contribution in [0.1, 0.15) is 25.0 Å². The summed E-state index contributed by atoms with van der Waals surface area (Å²) in [6.45, 7) is 4.70. The number of nitrogens with one attached hydrogen (secondary N) is 1. The highest BCUT2D eigenvalue weighted by atomic mass is 19.1. The maximum atomic E-state index is 13.7. The molecule has 0 aliphatic carbocycles. The second-order valence-electron chi connectivity index (χ2n) is 6.50. The van der Waals surface area contributed by atoms with E-state index in [4.69, 9.17) is 9.47 Å². The first-order valence-electron chi connectivity index (χ1n) is 7.62. The zero-order valence-electron chi connectivity index (χ0n) is 13.4.